The van der Waals surface area contributed by atoms with Crippen molar-refractivity contribution in [2.75, 3.05) is 18.0 Å². The Bertz CT molecular complexity index is 503. The number of nitrogens with zero attached hydrogens (tertiary/aromatic N) is 3. The number of piperidine rings is 1. The highest BCUT2D eigenvalue weighted by atomic mass is 15.4. The zero-order chi connectivity index (χ0) is 13.9. The fourth-order valence-electron chi connectivity index (χ4n) is 3.11. The average molecular weight is 272 g/mol. The molecule has 0 radical (unpaired) electrons. The van der Waals surface area contributed by atoms with E-state index in [4.69, 9.17) is 11.0 Å². The Morgan fingerprint density at radius 1 is 1.30 bits per heavy atom. The molecular formula is C14H20N6. The summed E-state index contributed by atoms with van der Waals surface area (Å²) in [4.78, 5) is 6.63. The highest BCUT2D eigenvalue weighted by Crippen LogP contribution is 2.26. The van der Waals surface area contributed by atoms with Gasteiger partial charge in [-0.1, -0.05) is 6.07 Å². The van der Waals surface area contributed by atoms with Crippen molar-refractivity contribution >= 4 is 5.82 Å². The maximum absolute atomic E-state index is 8.91. The van der Waals surface area contributed by atoms with Gasteiger partial charge < -0.3 is 10.6 Å². The second kappa shape index (κ2) is 5.75. The Balaban J connectivity index is 1.59. The van der Waals surface area contributed by atoms with Crippen LogP contribution in [0.4, 0.5) is 5.82 Å². The van der Waals surface area contributed by atoms with Gasteiger partial charge >= 0.3 is 0 Å². The van der Waals surface area contributed by atoms with E-state index in [0.29, 0.717) is 17.7 Å². The molecule has 1 aromatic rings. The van der Waals surface area contributed by atoms with Gasteiger partial charge in [0.2, 0.25) is 0 Å². The van der Waals surface area contributed by atoms with Crippen LogP contribution < -0.4 is 21.5 Å². The zero-order valence-corrected chi connectivity index (χ0v) is 11.4. The third kappa shape index (κ3) is 2.75. The van der Waals surface area contributed by atoms with Crippen LogP contribution in [0.15, 0.2) is 18.2 Å². The summed E-state index contributed by atoms with van der Waals surface area (Å²) in [7, 11) is 0. The highest BCUT2D eigenvalue weighted by Gasteiger charge is 2.31. The summed E-state index contributed by atoms with van der Waals surface area (Å²) < 4.78 is 0. The van der Waals surface area contributed by atoms with Gasteiger partial charge in [0, 0.05) is 19.1 Å². The van der Waals surface area contributed by atoms with E-state index in [1.165, 1.54) is 0 Å². The van der Waals surface area contributed by atoms with Crippen molar-refractivity contribution in [1.29, 1.82) is 5.26 Å². The summed E-state index contributed by atoms with van der Waals surface area (Å²) >= 11 is 0. The number of nitrogens with one attached hydrogen (secondary N) is 2. The number of aromatic nitrogens is 1. The van der Waals surface area contributed by atoms with E-state index in [1.54, 1.807) is 6.07 Å². The lowest BCUT2D eigenvalue weighted by atomic mass is 9.88. The molecule has 0 saturated carbocycles. The smallest absolute Gasteiger partial charge is 0.142 e. The monoisotopic (exact) mass is 272 g/mol. The molecule has 20 heavy (non-hydrogen) atoms. The van der Waals surface area contributed by atoms with Crippen LogP contribution in [-0.4, -0.2) is 30.3 Å². The molecule has 0 aliphatic carbocycles. The van der Waals surface area contributed by atoms with Gasteiger partial charge in [-0.25, -0.2) is 10.4 Å². The summed E-state index contributed by atoms with van der Waals surface area (Å²) in [6.45, 7) is 1.97. The first-order valence-corrected chi connectivity index (χ1v) is 7.15. The van der Waals surface area contributed by atoms with Crippen molar-refractivity contribution in [2.24, 2.45) is 11.7 Å². The van der Waals surface area contributed by atoms with E-state index in [2.05, 4.69) is 26.8 Å². The minimum absolute atomic E-state index is 0.0759. The minimum atomic E-state index is 0.0759. The van der Waals surface area contributed by atoms with Gasteiger partial charge in [-0.05, 0) is 37.3 Å². The summed E-state index contributed by atoms with van der Waals surface area (Å²) in [6, 6.07) is 8.19. The molecule has 6 heteroatoms. The Morgan fingerprint density at radius 2 is 2.10 bits per heavy atom. The van der Waals surface area contributed by atoms with Gasteiger partial charge in [0.15, 0.2) is 0 Å². The van der Waals surface area contributed by atoms with E-state index in [9.17, 15) is 0 Å². The topological polar surface area (TPSA) is 90.0 Å². The van der Waals surface area contributed by atoms with Gasteiger partial charge in [-0.2, -0.15) is 5.26 Å². The van der Waals surface area contributed by atoms with Crippen LogP contribution in [0.1, 0.15) is 25.0 Å². The first kappa shape index (κ1) is 13.3. The number of hydrazine groups is 1. The predicted molar refractivity (Wildman–Crippen MR) is 76.5 cm³/mol. The van der Waals surface area contributed by atoms with Crippen LogP contribution in [0.25, 0.3) is 0 Å². The molecule has 106 valence electrons. The first-order chi connectivity index (χ1) is 9.76. The third-order valence-electron chi connectivity index (χ3n) is 4.24. The molecule has 2 fully saturated rings. The summed E-state index contributed by atoms with van der Waals surface area (Å²) in [5, 5.41) is 8.91. The lowest BCUT2D eigenvalue weighted by molar-refractivity contribution is 0.310. The molecule has 2 aliphatic rings. The molecular weight excluding hydrogens is 252 g/mol. The van der Waals surface area contributed by atoms with Crippen LogP contribution in [0, 0.1) is 17.2 Å². The quantitative estimate of drug-likeness (QED) is 0.718. The van der Waals surface area contributed by atoms with E-state index in [1.807, 2.05) is 12.1 Å². The van der Waals surface area contributed by atoms with E-state index in [0.717, 1.165) is 38.2 Å². The van der Waals surface area contributed by atoms with Crippen LogP contribution >= 0.6 is 0 Å². The van der Waals surface area contributed by atoms with E-state index in [-0.39, 0.29) is 6.17 Å². The van der Waals surface area contributed by atoms with E-state index < -0.39 is 0 Å². The minimum Gasteiger partial charge on any atom is -0.357 e. The zero-order valence-electron chi connectivity index (χ0n) is 11.4. The molecule has 0 aromatic carbocycles. The maximum Gasteiger partial charge on any atom is 0.142 e. The van der Waals surface area contributed by atoms with Crippen LogP contribution in [0.5, 0.6) is 0 Å². The van der Waals surface area contributed by atoms with Gasteiger partial charge in [-0.3, -0.25) is 5.43 Å². The van der Waals surface area contributed by atoms with Crippen molar-refractivity contribution in [3.8, 4) is 6.07 Å². The lowest BCUT2D eigenvalue weighted by Crippen LogP contribution is -2.43. The van der Waals surface area contributed by atoms with Crippen LogP contribution in [-0.2, 0) is 0 Å². The van der Waals surface area contributed by atoms with Gasteiger partial charge in [-0.15, -0.1) is 0 Å². The second-order valence-electron chi connectivity index (χ2n) is 5.55. The number of rotatable bonds is 2. The highest BCUT2D eigenvalue weighted by molar-refractivity contribution is 5.41. The Hall–Kier alpha value is -1.68. The molecule has 2 saturated heterocycles. The average Bonchev–Trinajstić information content (AvgIpc) is 2.94. The molecule has 2 unspecified atom stereocenters. The fourth-order valence-corrected chi connectivity index (χ4v) is 3.11. The van der Waals surface area contributed by atoms with Crippen LogP contribution in [0.2, 0.25) is 0 Å². The molecule has 2 aliphatic heterocycles. The summed E-state index contributed by atoms with van der Waals surface area (Å²) in [5.74, 6) is 1.57. The fraction of sp³-hybridized carbons (Fsp3) is 0.571. The molecule has 6 nitrogen and oxygen atoms in total. The number of nitrogens with two attached hydrogens (primary N) is 1. The molecule has 3 rings (SSSR count). The number of anilines is 1. The Labute approximate surface area is 118 Å². The van der Waals surface area contributed by atoms with Crippen molar-refractivity contribution in [1.82, 2.24) is 15.8 Å². The Kier molecular flexibility index (Phi) is 3.83. The number of hydrogen-bond acceptors (Lipinski definition) is 6. The molecule has 1 aromatic heterocycles. The summed E-state index contributed by atoms with van der Waals surface area (Å²) in [5.41, 5.74) is 12.7. The molecule has 0 amide bonds. The standard InChI is InChI=1S/C14H20N6/c15-9-11-2-1-3-14(17-11)20-6-4-10(5-7-20)12-8-13(16)19-18-12/h1-3,10,12-13,18-19H,4-8,16H2. The van der Waals surface area contributed by atoms with Gasteiger partial charge in [0.05, 0.1) is 6.17 Å². The second-order valence-corrected chi connectivity index (χ2v) is 5.55. The molecule has 0 spiro atoms. The maximum atomic E-state index is 8.91. The van der Waals surface area contributed by atoms with Gasteiger partial charge in [0.25, 0.3) is 0 Å². The van der Waals surface area contributed by atoms with Crippen LogP contribution in [0.3, 0.4) is 0 Å². The molecule has 0 bridgehead atoms. The molecule has 4 N–H and O–H groups in total. The lowest BCUT2D eigenvalue weighted by Gasteiger charge is -2.35. The van der Waals surface area contributed by atoms with E-state index >= 15 is 0 Å². The largest absolute Gasteiger partial charge is 0.357 e. The Morgan fingerprint density at radius 3 is 2.75 bits per heavy atom. The number of nitriles is 1. The van der Waals surface area contributed by atoms with Crippen molar-refractivity contribution in [2.45, 2.75) is 31.5 Å². The normalized spacial score (nSPS) is 27.5. The molecule has 3 heterocycles. The van der Waals surface area contributed by atoms with Gasteiger partial charge in [0.1, 0.15) is 17.6 Å². The number of hydrogen-bond donors (Lipinski definition) is 3. The molecule has 2 atom stereocenters. The summed E-state index contributed by atoms with van der Waals surface area (Å²) in [6.07, 6.45) is 3.33. The van der Waals surface area contributed by atoms with Crippen molar-refractivity contribution in [3.63, 3.8) is 0 Å². The number of pyridine rings is 1. The SMILES string of the molecule is N#Cc1cccc(N2CCC(C3CC(N)NN3)CC2)n1. The first-order valence-electron chi connectivity index (χ1n) is 7.15. The third-order valence-corrected chi connectivity index (χ3v) is 4.24. The predicted octanol–water partition coefficient (Wildman–Crippen LogP) is 0.321. The van der Waals surface area contributed by atoms with Crippen molar-refractivity contribution in [3.05, 3.63) is 23.9 Å². The van der Waals surface area contributed by atoms with Crippen molar-refractivity contribution < 1.29 is 0 Å².